The molecule has 2 heteroatoms. The number of hydrogen-bond acceptors (Lipinski definition) is 1. The topological polar surface area (TPSA) is 3.24 Å². The van der Waals surface area contributed by atoms with Crippen LogP contribution in [0.3, 0.4) is 0 Å². The van der Waals surface area contributed by atoms with Crippen LogP contribution in [0.2, 0.25) is 18.1 Å². The summed E-state index contributed by atoms with van der Waals surface area (Å²) >= 11 is 0. The van der Waals surface area contributed by atoms with E-state index in [-0.39, 0.29) is 0 Å². The molecule has 0 aromatic heterocycles. The van der Waals surface area contributed by atoms with Gasteiger partial charge in [0.05, 0.1) is 0 Å². The summed E-state index contributed by atoms with van der Waals surface area (Å²) in [5, 5.41) is 0. The lowest BCUT2D eigenvalue weighted by atomic mass is 10.3. The molecular formula is C15H25NSi. The molecule has 17 heavy (non-hydrogen) atoms. The Morgan fingerprint density at radius 2 is 1.53 bits per heavy atom. The van der Waals surface area contributed by atoms with E-state index in [1.807, 2.05) is 0 Å². The second-order valence-corrected chi connectivity index (χ2v) is 9.52. The Balaban J connectivity index is 3.16. The first kappa shape index (κ1) is 14.0. The highest BCUT2D eigenvalue weighted by molar-refractivity contribution is 6.83. The second kappa shape index (κ2) is 6.65. The maximum absolute atomic E-state index is 2.58. The van der Waals surface area contributed by atoms with Gasteiger partial charge in [0.1, 0.15) is 0 Å². The molecule has 0 heterocycles. The van der Waals surface area contributed by atoms with Crippen molar-refractivity contribution >= 4 is 13.9 Å². The van der Waals surface area contributed by atoms with Crippen LogP contribution in [-0.4, -0.2) is 8.24 Å². The zero-order valence-electron chi connectivity index (χ0n) is 11.6. The van der Waals surface area contributed by atoms with Gasteiger partial charge < -0.3 is 4.57 Å². The quantitative estimate of drug-likeness (QED) is 0.637. The van der Waals surface area contributed by atoms with Gasteiger partial charge in [0.25, 0.3) is 0 Å². The standard InChI is InChI=1S/C15H25NSi/c1-5-14-16(15-12-10-9-11-13-15)17(6-2,7-3)8-4/h5,9-14H,6-8H2,1-4H3/b14-5+. The Labute approximate surface area is 107 Å². The Morgan fingerprint density at radius 1 is 1.00 bits per heavy atom. The summed E-state index contributed by atoms with van der Waals surface area (Å²) in [4.78, 5) is 0. The summed E-state index contributed by atoms with van der Waals surface area (Å²) in [5.74, 6) is 0. The molecule has 0 aliphatic heterocycles. The van der Waals surface area contributed by atoms with E-state index in [2.05, 4.69) is 74.9 Å². The summed E-state index contributed by atoms with van der Waals surface area (Å²) in [6.07, 6.45) is 4.44. The lowest BCUT2D eigenvalue weighted by Crippen LogP contribution is -2.49. The lowest BCUT2D eigenvalue weighted by molar-refractivity contribution is 1.10. The molecule has 94 valence electrons. The monoisotopic (exact) mass is 247 g/mol. The minimum Gasteiger partial charge on any atom is -0.375 e. The van der Waals surface area contributed by atoms with E-state index in [0.29, 0.717) is 0 Å². The number of para-hydroxylation sites is 1. The molecule has 0 N–H and O–H groups in total. The van der Waals surface area contributed by atoms with Crippen molar-refractivity contribution < 1.29 is 0 Å². The fourth-order valence-electron chi connectivity index (χ4n) is 2.52. The van der Waals surface area contributed by atoms with Crippen molar-refractivity contribution in [2.45, 2.75) is 45.8 Å². The minimum absolute atomic E-state index is 1.30. The van der Waals surface area contributed by atoms with Crippen LogP contribution in [0, 0.1) is 0 Å². The molecule has 1 rings (SSSR count). The van der Waals surface area contributed by atoms with Gasteiger partial charge in [-0.15, -0.1) is 0 Å². The zero-order valence-corrected chi connectivity index (χ0v) is 12.6. The number of anilines is 1. The Hall–Kier alpha value is -1.02. The van der Waals surface area contributed by atoms with Crippen molar-refractivity contribution in [2.75, 3.05) is 4.57 Å². The van der Waals surface area contributed by atoms with Gasteiger partial charge in [-0.25, -0.2) is 0 Å². The Bertz CT molecular complexity index is 333. The fourth-order valence-corrected chi connectivity index (χ4v) is 6.20. The van der Waals surface area contributed by atoms with Crippen LogP contribution < -0.4 is 4.57 Å². The maximum atomic E-state index is 2.58. The molecule has 1 aromatic rings. The Morgan fingerprint density at radius 3 is 1.94 bits per heavy atom. The van der Waals surface area contributed by atoms with Crippen molar-refractivity contribution in [3.05, 3.63) is 42.6 Å². The third kappa shape index (κ3) is 3.00. The molecule has 0 aliphatic carbocycles. The molecule has 0 spiro atoms. The summed E-state index contributed by atoms with van der Waals surface area (Å²) < 4.78 is 2.58. The number of benzene rings is 1. The van der Waals surface area contributed by atoms with E-state index >= 15 is 0 Å². The van der Waals surface area contributed by atoms with Gasteiger partial charge in [-0.3, -0.25) is 0 Å². The minimum atomic E-state index is -1.36. The van der Waals surface area contributed by atoms with Crippen LogP contribution in [-0.2, 0) is 0 Å². The van der Waals surface area contributed by atoms with Crippen LogP contribution >= 0.6 is 0 Å². The van der Waals surface area contributed by atoms with Gasteiger partial charge in [-0.2, -0.15) is 0 Å². The van der Waals surface area contributed by atoms with Crippen molar-refractivity contribution in [2.24, 2.45) is 0 Å². The van der Waals surface area contributed by atoms with E-state index in [0.717, 1.165) is 0 Å². The van der Waals surface area contributed by atoms with Gasteiger partial charge in [0, 0.05) is 5.69 Å². The highest BCUT2D eigenvalue weighted by atomic mass is 28.3. The van der Waals surface area contributed by atoms with E-state index in [1.165, 1.54) is 23.8 Å². The molecule has 0 aliphatic rings. The van der Waals surface area contributed by atoms with Gasteiger partial charge in [0.15, 0.2) is 8.24 Å². The average molecular weight is 247 g/mol. The van der Waals surface area contributed by atoms with Crippen LogP contribution in [0.25, 0.3) is 0 Å². The fraction of sp³-hybridized carbons (Fsp3) is 0.467. The highest BCUT2D eigenvalue weighted by Gasteiger charge is 2.33. The number of rotatable bonds is 6. The molecule has 1 aromatic carbocycles. The molecule has 0 radical (unpaired) electrons. The zero-order chi connectivity index (χ0) is 12.7. The first-order valence-electron chi connectivity index (χ1n) is 6.71. The van der Waals surface area contributed by atoms with Crippen molar-refractivity contribution in [1.82, 2.24) is 0 Å². The molecule has 0 bridgehead atoms. The van der Waals surface area contributed by atoms with E-state index in [9.17, 15) is 0 Å². The first-order chi connectivity index (χ1) is 8.24. The molecule has 0 saturated carbocycles. The maximum Gasteiger partial charge on any atom is 0.161 e. The Kier molecular flexibility index (Phi) is 5.49. The van der Waals surface area contributed by atoms with Crippen molar-refractivity contribution in [3.8, 4) is 0 Å². The van der Waals surface area contributed by atoms with E-state index in [1.54, 1.807) is 0 Å². The van der Waals surface area contributed by atoms with Gasteiger partial charge in [0.2, 0.25) is 0 Å². The molecule has 0 atom stereocenters. The summed E-state index contributed by atoms with van der Waals surface area (Å²) in [5.41, 5.74) is 1.35. The normalized spacial score (nSPS) is 12.0. The number of allylic oxidation sites excluding steroid dienone is 1. The first-order valence-corrected chi connectivity index (χ1v) is 9.28. The van der Waals surface area contributed by atoms with Crippen LogP contribution in [0.5, 0.6) is 0 Å². The molecular weight excluding hydrogens is 222 g/mol. The SMILES string of the molecule is C/C=C/N(c1ccccc1)[Si](CC)(CC)CC. The van der Waals surface area contributed by atoms with Crippen LogP contribution in [0.15, 0.2) is 42.6 Å². The van der Waals surface area contributed by atoms with Crippen molar-refractivity contribution in [3.63, 3.8) is 0 Å². The smallest absolute Gasteiger partial charge is 0.161 e. The predicted octanol–water partition coefficient (Wildman–Crippen LogP) is 5.03. The van der Waals surface area contributed by atoms with Crippen LogP contribution in [0.4, 0.5) is 5.69 Å². The lowest BCUT2D eigenvalue weighted by Gasteiger charge is -2.40. The third-order valence-corrected chi connectivity index (χ3v) is 9.20. The average Bonchev–Trinajstić information content (AvgIpc) is 2.41. The van der Waals surface area contributed by atoms with E-state index < -0.39 is 8.24 Å². The number of hydrogen-bond donors (Lipinski definition) is 0. The number of nitrogens with zero attached hydrogens (tertiary/aromatic N) is 1. The highest BCUT2D eigenvalue weighted by Crippen LogP contribution is 2.30. The van der Waals surface area contributed by atoms with Crippen LogP contribution in [0.1, 0.15) is 27.7 Å². The summed E-state index contributed by atoms with van der Waals surface area (Å²) in [6.45, 7) is 9.14. The molecule has 0 fully saturated rings. The molecule has 0 saturated heterocycles. The molecule has 0 amide bonds. The molecule has 1 nitrogen and oxygen atoms in total. The summed E-state index contributed by atoms with van der Waals surface area (Å²) in [6, 6.07) is 14.7. The van der Waals surface area contributed by atoms with Crippen molar-refractivity contribution in [1.29, 1.82) is 0 Å². The molecule has 0 unspecified atom stereocenters. The van der Waals surface area contributed by atoms with Gasteiger partial charge >= 0.3 is 0 Å². The second-order valence-electron chi connectivity index (χ2n) is 4.47. The summed E-state index contributed by atoms with van der Waals surface area (Å²) in [7, 11) is -1.36. The van der Waals surface area contributed by atoms with E-state index in [4.69, 9.17) is 0 Å². The third-order valence-electron chi connectivity index (χ3n) is 3.82. The predicted molar refractivity (Wildman–Crippen MR) is 80.9 cm³/mol. The van der Waals surface area contributed by atoms with Gasteiger partial charge in [-0.05, 0) is 43.4 Å². The van der Waals surface area contributed by atoms with Gasteiger partial charge in [-0.1, -0.05) is 45.0 Å². The largest absolute Gasteiger partial charge is 0.375 e.